The van der Waals surface area contributed by atoms with Crippen molar-refractivity contribution in [3.63, 3.8) is 0 Å². The van der Waals surface area contributed by atoms with Gasteiger partial charge in [-0.3, -0.25) is 4.98 Å². The molecule has 1 aliphatic heterocycles. The molecule has 0 radical (unpaired) electrons. The number of esters is 1. The fourth-order valence-corrected chi connectivity index (χ4v) is 3.59. The van der Waals surface area contributed by atoms with E-state index in [0.717, 1.165) is 48.5 Å². The van der Waals surface area contributed by atoms with Crippen LogP contribution in [0.3, 0.4) is 0 Å². The van der Waals surface area contributed by atoms with Crippen molar-refractivity contribution >= 4 is 28.5 Å². The third kappa shape index (κ3) is 3.30. The average molecular weight is 366 g/mol. The van der Waals surface area contributed by atoms with Crippen LogP contribution in [0.5, 0.6) is 0 Å². The molecule has 8 nitrogen and oxygen atoms in total. The van der Waals surface area contributed by atoms with Crippen LogP contribution < -0.4 is 10.2 Å². The van der Waals surface area contributed by atoms with Crippen molar-refractivity contribution in [2.45, 2.75) is 18.9 Å². The second-order valence-electron chi connectivity index (χ2n) is 6.66. The number of carbonyl (C=O) groups is 1. The molecule has 0 unspecified atom stereocenters. The van der Waals surface area contributed by atoms with Gasteiger partial charge in [0, 0.05) is 44.3 Å². The minimum atomic E-state index is -0.373. The topological polar surface area (TPSA) is 85.2 Å². The summed E-state index contributed by atoms with van der Waals surface area (Å²) in [4.78, 5) is 27.1. The van der Waals surface area contributed by atoms with Crippen LogP contribution in [-0.2, 0) is 11.8 Å². The summed E-state index contributed by atoms with van der Waals surface area (Å²) in [6.07, 6.45) is 7.15. The lowest BCUT2D eigenvalue weighted by atomic mass is 10.0. The average Bonchev–Trinajstić information content (AvgIpc) is 3.06. The highest BCUT2D eigenvalue weighted by atomic mass is 16.5. The predicted octanol–water partition coefficient (Wildman–Crippen LogP) is 2.23. The summed E-state index contributed by atoms with van der Waals surface area (Å²) in [5.74, 6) is 0.495. The Morgan fingerprint density at radius 2 is 1.96 bits per heavy atom. The van der Waals surface area contributed by atoms with Crippen molar-refractivity contribution < 1.29 is 9.53 Å². The van der Waals surface area contributed by atoms with Crippen LogP contribution in [-0.4, -0.2) is 51.7 Å². The normalized spacial score (nSPS) is 15.1. The zero-order chi connectivity index (χ0) is 18.8. The van der Waals surface area contributed by atoms with Crippen molar-refractivity contribution in [2.75, 3.05) is 30.4 Å². The summed E-state index contributed by atoms with van der Waals surface area (Å²) in [7, 11) is 3.20. The van der Waals surface area contributed by atoms with Crippen LogP contribution in [0.4, 0.5) is 11.5 Å². The molecule has 0 spiro atoms. The molecule has 0 saturated carbocycles. The molecular formula is C19H22N6O2. The Morgan fingerprint density at radius 1 is 1.22 bits per heavy atom. The molecule has 8 heteroatoms. The highest BCUT2D eigenvalue weighted by molar-refractivity contribution is 5.98. The summed E-state index contributed by atoms with van der Waals surface area (Å²) in [5, 5.41) is 4.44. The summed E-state index contributed by atoms with van der Waals surface area (Å²) in [5.41, 5.74) is 2.31. The van der Waals surface area contributed by atoms with Crippen molar-refractivity contribution in [1.82, 2.24) is 19.5 Å². The molecular weight excluding hydrogens is 344 g/mol. The first-order valence-corrected chi connectivity index (χ1v) is 8.97. The molecule has 0 atom stereocenters. The molecule has 1 saturated heterocycles. The number of anilines is 2. The van der Waals surface area contributed by atoms with Crippen LogP contribution in [0.25, 0.3) is 11.0 Å². The molecule has 4 rings (SSSR count). The minimum Gasteiger partial charge on any atom is -0.464 e. The van der Waals surface area contributed by atoms with Gasteiger partial charge in [0.25, 0.3) is 0 Å². The second-order valence-corrected chi connectivity index (χ2v) is 6.66. The molecule has 27 heavy (non-hydrogen) atoms. The van der Waals surface area contributed by atoms with Gasteiger partial charge in [0.1, 0.15) is 23.5 Å². The monoisotopic (exact) mass is 366 g/mol. The zero-order valence-corrected chi connectivity index (χ0v) is 15.4. The molecule has 3 aromatic heterocycles. The fraction of sp³-hybridized carbons (Fsp3) is 0.368. The van der Waals surface area contributed by atoms with Gasteiger partial charge < -0.3 is 19.5 Å². The first-order valence-electron chi connectivity index (χ1n) is 8.97. The Hall–Kier alpha value is -3.16. The standard InChI is InChI=1S/C19H22N6O2/c1-24-16(19(26)27-2)11-15-17(24)21-12-22-18(15)25-9-5-14(6-10-25)23-13-3-7-20-8-4-13/h3-4,7-8,11-12,14H,5-6,9-10H2,1-2H3,(H,20,23). The van der Waals surface area contributed by atoms with Crippen molar-refractivity contribution in [3.8, 4) is 0 Å². The molecule has 0 aromatic carbocycles. The van der Waals surface area contributed by atoms with E-state index in [0.29, 0.717) is 11.7 Å². The molecule has 1 aliphatic rings. The number of hydrogen-bond acceptors (Lipinski definition) is 7. The van der Waals surface area contributed by atoms with Crippen LogP contribution in [0.15, 0.2) is 36.9 Å². The van der Waals surface area contributed by atoms with Crippen molar-refractivity contribution in [1.29, 1.82) is 0 Å². The third-order valence-electron chi connectivity index (χ3n) is 5.04. The van der Waals surface area contributed by atoms with Crippen LogP contribution in [0.2, 0.25) is 0 Å². The third-order valence-corrected chi connectivity index (χ3v) is 5.04. The van der Waals surface area contributed by atoms with Gasteiger partial charge in [-0.25, -0.2) is 14.8 Å². The molecule has 0 bridgehead atoms. The lowest BCUT2D eigenvalue weighted by Crippen LogP contribution is -2.39. The Labute approximate surface area is 157 Å². The van der Waals surface area contributed by atoms with E-state index >= 15 is 0 Å². The Balaban J connectivity index is 1.53. The lowest BCUT2D eigenvalue weighted by Gasteiger charge is -2.33. The van der Waals surface area contributed by atoms with Crippen LogP contribution in [0.1, 0.15) is 23.3 Å². The number of fused-ring (bicyclic) bond motifs is 1. The van der Waals surface area contributed by atoms with E-state index in [1.54, 1.807) is 23.3 Å². The molecule has 0 amide bonds. The van der Waals surface area contributed by atoms with E-state index in [1.165, 1.54) is 7.11 Å². The summed E-state index contributed by atoms with van der Waals surface area (Å²) in [6.45, 7) is 1.77. The van der Waals surface area contributed by atoms with Gasteiger partial charge in [0.2, 0.25) is 0 Å². The van der Waals surface area contributed by atoms with Gasteiger partial charge >= 0.3 is 5.97 Å². The summed E-state index contributed by atoms with van der Waals surface area (Å²) in [6, 6.07) is 6.21. The van der Waals surface area contributed by atoms with Crippen LogP contribution in [0, 0.1) is 0 Å². The number of carbonyl (C=O) groups excluding carboxylic acids is 1. The van der Waals surface area contributed by atoms with E-state index in [2.05, 4.69) is 25.2 Å². The summed E-state index contributed by atoms with van der Waals surface area (Å²) >= 11 is 0. The number of methoxy groups -OCH3 is 1. The maximum Gasteiger partial charge on any atom is 0.354 e. The first-order chi connectivity index (χ1) is 13.2. The first kappa shape index (κ1) is 17.3. The number of ether oxygens (including phenoxy) is 1. The second kappa shape index (κ2) is 7.22. The number of rotatable bonds is 4. The summed E-state index contributed by atoms with van der Waals surface area (Å²) < 4.78 is 6.62. The smallest absolute Gasteiger partial charge is 0.354 e. The molecule has 1 fully saturated rings. The van der Waals surface area contributed by atoms with E-state index < -0.39 is 0 Å². The van der Waals surface area contributed by atoms with Gasteiger partial charge in [0.15, 0.2) is 0 Å². The lowest BCUT2D eigenvalue weighted by molar-refractivity contribution is 0.0590. The number of nitrogens with zero attached hydrogens (tertiary/aromatic N) is 5. The van der Waals surface area contributed by atoms with E-state index in [1.807, 2.05) is 25.2 Å². The van der Waals surface area contributed by atoms with Gasteiger partial charge in [-0.05, 0) is 31.0 Å². The highest BCUT2D eigenvalue weighted by Gasteiger charge is 2.24. The molecule has 1 N–H and O–H groups in total. The van der Waals surface area contributed by atoms with Crippen LogP contribution >= 0.6 is 0 Å². The molecule has 0 aliphatic carbocycles. The highest BCUT2D eigenvalue weighted by Crippen LogP contribution is 2.28. The maximum absolute atomic E-state index is 12.0. The zero-order valence-electron chi connectivity index (χ0n) is 15.4. The predicted molar refractivity (Wildman–Crippen MR) is 103 cm³/mol. The van der Waals surface area contributed by atoms with Gasteiger partial charge in [-0.15, -0.1) is 0 Å². The Kier molecular flexibility index (Phi) is 4.62. The molecule has 140 valence electrons. The Bertz CT molecular complexity index is 947. The van der Waals surface area contributed by atoms with Gasteiger partial charge in [-0.2, -0.15) is 0 Å². The number of piperidine rings is 1. The molecule has 3 aromatic rings. The fourth-order valence-electron chi connectivity index (χ4n) is 3.59. The maximum atomic E-state index is 12.0. The minimum absolute atomic E-state index is 0.373. The molecule has 4 heterocycles. The number of aryl methyl sites for hydroxylation is 1. The quantitative estimate of drug-likeness (QED) is 0.709. The number of pyridine rings is 1. The number of aromatic nitrogens is 4. The van der Waals surface area contributed by atoms with Crippen molar-refractivity contribution in [2.24, 2.45) is 7.05 Å². The number of hydrogen-bond donors (Lipinski definition) is 1. The van der Waals surface area contributed by atoms with Gasteiger partial charge in [-0.1, -0.05) is 0 Å². The van der Waals surface area contributed by atoms with Crippen molar-refractivity contribution in [3.05, 3.63) is 42.6 Å². The van der Waals surface area contributed by atoms with Gasteiger partial charge in [0.05, 0.1) is 12.5 Å². The van der Waals surface area contributed by atoms with E-state index in [4.69, 9.17) is 4.74 Å². The largest absolute Gasteiger partial charge is 0.464 e. The van der Waals surface area contributed by atoms with E-state index in [9.17, 15) is 4.79 Å². The van der Waals surface area contributed by atoms with E-state index in [-0.39, 0.29) is 5.97 Å². The Morgan fingerprint density at radius 3 is 2.67 bits per heavy atom. The SMILES string of the molecule is COC(=O)c1cc2c(N3CCC(Nc4ccncc4)CC3)ncnc2n1C. The number of nitrogens with one attached hydrogen (secondary N) is 1.